The second kappa shape index (κ2) is 6.81. The first-order chi connectivity index (χ1) is 7.75. The lowest BCUT2D eigenvalue weighted by Crippen LogP contribution is -2.55. The van der Waals surface area contributed by atoms with Crippen molar-refractivity contribution in [3.63, 3.8) is 0 Å². The Morgan fingerprint density at radius 1 is 1.24 bits per heavy atom. The summed E-state index contributed by atoms with van der Waals surface area (Å²) in [6.07, 6.45) is -1.16. The van der Waals surface area contributed by atoms with Crippen LogP contribution in [-0.2, 0) is 14.4 Å². The van der Waals surface area contributed by atoms with Crippen LogP contribution in [0.25, 0.3) is 0 Å². The van der Waals surface area contributed by atoms with Crippen LogP contribution < -0.4 is 16.4 Å². The van der Waals surface area contributed by atoms with Crippen molar-refractivity contribution in [3.05, 3.63) is 0 Å². The van der Waals surface area contributed by atoms with Crippen LogP contribution in [0.3, 0.4) is 0 Å². The number of aliphatic hydroxyl groups is 1. The predicted octanol–water partition coefficient (Wildman–Crippen LogP) is -2.60. The molecule has 0 radical (unpaired) electrons. The third-order valence-electron chi connectivity index (χ3n) is 1.89. The van der Waals surface area contributed by atoms with Gasteiger partial charge in [-0.25, -0.2) is 0 Å². The number of nitrogens with one attached hydrogen (secondary N) is 2. The van der Waals surface area contributed by atoms with E-state index in [1.807, 2.05) is 0 Å². The predicted molar refractivity (Wildman–Crippen MR) is 57.9 cm³/mol. The maximum absolute atomic E-state index is 11.5. The molecule has 0 aromatic rings. The second-order valence-corrected chi connectivity index (χ2v) is 3.63. The SMILES string of the molecule is CC(N)C(=O)NC(C(=O)NCC(=O)O)C(C)O. The highest BCUT2D eigenvalue weighted by atomic mass is 16.4. The lowest BCUT2D eigenvalue weighted by molar-refractivity contribution is -0.139. The van der Waals surface area contributed by atoms with E-state index in [0.29, 0.717) is 0 Å². The van der Waals surface area contributed by atoms with Gasteiger partial charge in [-0.1, -0.05) is 0 Å². The Morgan fingerprint density at radius 3 is 2.12 bits per heavy atom. The Kier molecular flexibility index (Phi) is 6.15. The molecular weight excluding hydrogens is 230 g/mol. The van der Waals surface area contributed by atoms with Crippen LogP contribution in [-0.4, -0.2) is 52.7 Å². The third-order valence-corrected chi connectivity index (χ3v) is 1.89. The van der Waals surface area contributed by atoms with Gasteiger partial charge in [0.25, 0.3) is 0 Å². The van der Waals surface area contributed by atoms with Crippen molar-refractivity contribution in [1.29, 1.82) is 0 Å². The van der Waals surface area contributed by atoms with E-state index >= 15 is 0 Å². The summed E-state index contributed by atoms with van der Waals surface area (Å²) in [4.78, 5) is 33.0. The van der Waals surface area contributed by atoms with Crippen molar-refractivity contribution in [3.8, 4) is 0 Å². The van der Waals surface area contributed by atoms with Crippen molar-refractivity contribution in [1.82, 2.24) is 10.6 Å². The van der Waals surface area contributed by atoms with Gasteiger partial charge in [0.2, 0.25) is 11.8 Å². The standard InChI is InChI=1S/C9H17N3O5/c1-4(10)8(16)12-7(5(2)13)9(17)11-3-6(14)15/h4-5,7,13H,3,10H2,1-2H3,(H,11,17)(H,12,16)(H,14,15). The summed E-state index contributed by atoms with van der Waals surface area (Å²) >= 11 is 0. The maximum Gasteiger partial charge on any atom is 0.322 e. The van der Waals surface area contributed by atoms with E-state index < -0.39 is 42.5 Å². The molecule has 98 valence electrons. The molecule has 0 aromatic carbocycles. The molecule has 0 heterocycles. The number of carbonyl (C=O) groups excluding carboxylic acids is 2. The number of hydrogen-bond acceptors (Lipinski definition) is 5. The monoisotopic (exact) mass is 247 g/mol. The molecule has 0 aliphatic carbocycles. The normalized spacial score (nSPS) is 15.5. The molecule has 0 bridgehead atoms. The Labute approximate surface area is 98.2 Å². The molecule has 0 aromatic heterocycles. The highest BCUT2D eigenvalue weighted by Gasteiger charge is 2.26. The molecule has 0 rings (SSSR count). The average molecular weight is 247 g/mol. The van der Waals surface area contributed by atoms with Gasteiger partial charge >= 0.3 is 5.97 Å². The minimum atomic E-state index is -1.23. The van der Waals surface area contributed by atoms with Crippen LogP contribution in [0.2, 0.25) is 0 Å². The molecule has 8 heteroatoms. The smallest absolute Gasteiger partial charge is 0.322 e. The molecule has 17 heavy (non-hydrogen) atoms. The summed E-state index contributed by atoms with van der Waals surface area (Å²) < 4.78 is 0. The maximum atomic E-state index is 11.5. The van der Waals surface area contributed by atoms with Crippen LogP contribution in [0.1, 0.15) is 13.8 Å². The molecule has 2 amide bonds. The van der Waals surface area contributed by atoms with E-state index in [-0.39, 0.29) is 0 Å². The van der Waals surface area contributed by atoms with E-state index in [9.17, 15) is 19.5 Å². The fourth-order valence-electron chi connectivity index (χ4n) is 0.963. The molecule has 0 aliphatic rings. The zero-order chi connectivity index (χ0) is 13.6. The number of carbonyl (C=O) groups is 3. The van der Waals surface area contributed by atoms with Crippen LogP contribution in [0, 0.1) is 0 Å². The number of nitrogens with two attached hydrogens (primary N) is 1. The van der Waals surface area contributed by atoms with Gasteiger partial charge in [0.1, 0.15) is 12.6 Å². The minimum absolute atomic E-state index is 0.587. The van der Waals surface area contributed by atoms with Crippen molar-refractivity contribution in [2.45, 2.75) is 32.0 Å². The highest BCUT2D eigenvalue weighted by molar-refractivity contribution is 5.91. The van der Waals surface area contributed by atoms with Crippen LogP contribution in [0.4, 0.5) is 0 Å². The molecular formula is C9H17N3O5. The first-order valence-electron chi connectivity index (χ1n) is 4.99. The molecule has 6 N–H and O–H groups in total. The van der Waals surface area contributed by atoms with Gasteiger partial charge in [0.05, 0.1) is 12.1 Å². The largest absolute Gasteiger partial charge is 0.480 e. The quantitative estimate of drug-likeness (QED) is 0.348. The number of rotatable bonds is 6. The zero-order valence-corrected chi connectivity index (χ0v) is 9.64. The van der Waals surface area contributed by atoms with Gasteiger partial charge in [0.15, 0.2) is 0 Å². The number of aliphatic carboxylic acids is 1. The first kappa shape index (κ1) is 15.3. The highest BCUT2D eigenvalue weighted by Crippen LogP contribution is 1.94. The van der Waals surface area contributed by atoms with Gasteiger partial charge in [-0.15, -0.1) is 0 Å². The zero-order valence-electron chi connectivity index (χ0n) is 9.64. The number of amides is 2. The summed E-state index contributed by atoms with van der Waals surface area (Å²) in [5.41, 5.74) is 5.29. The summed E-state index contributed by atoms with van der Waals surface area (Å²) in [7, 11) is 0. The van der Waals surface area contributed by atoms with Gasteiger partial charge in [0, 0.05) is 0 Å². The first-order valence-corrected chi connectivity index (χ1v) is 4.99. The Hall–Kier alpha value is -1.67. The van der Waals surface area contributed by atoms with Gasteiger partial charge < -0.3 is 26.6 Å². The number of aliphatic hydroxyl groups excluding tert-OH is 1. The Balaban J connectivity index is 4.47. The topological polar surface area (TPSA) is 142 Å². The van der Waals surface area contributed by atoms with Crippen LogP contribution in [0.5, 0.6) is 0 Å². The summed E-state index contributed by atoms with van der Waals surface area (Å²) in [6, 6.07) is -2.06. The second-order valence-electron chi connectivity index (χ2n) is 3.63. The molecule has 0 saturated carbocycles. The molecule has 0 spiro atoms. The van der Waals surface area contributed by atoms with Crippen molar-refractivity contribution in [2.24, 2.45) is 5.73 Å². The van der Waals surface area contributed by atoms with Gasteiger partial charge in [-0.3, -0.25) is 14.4 Å². The summed E-state index contributed by atoms with van der Waals surface area (Å²) in [5, 5.41) is 22.0. The summed E-state index contributed by atoms with van der Waals surface area (Å²) in [5.74, 6) is -2.61. The number of carboxylic acid groups (broad SMARTS) is 1. The fraction of sp³-hybridized carbons (Fsp3) is 0.667. The Bertz CT molecular complexity index is 303. The van der Waals surface area contributed by atoms with Crippen molar-refractivity contribution >= 4 is 17.8 Å². The molecule has 3 unspecified atom stereocenters. The molecule has 0 saturated heterocycles. The van der Waals surface area contributed by atoms with Crippen molar-refractivity contribution in [2.75, 3.05) is 6.54 Å². The van der Waals surface area contributed by atoms with E-state index in [2.05, 4.69) is 10.6 Å². The summed E-state index contributed by atoms with van der Waals surface area (Å²) in [6.45, 7) is 2.13. The number of hydrogen-bond donors (Lipinski definition) is 5. The lowest BCUT2D eigenvalue weighted by atomic mass is 10.1. The van der Waals surface area contributed by atoms with Gasteiger partial charge in [-0.2, -0.15) is 0 Å². The molecule has 3 atom stereocenters. The molecule has 8 nitrogen and oxygen atoms in total. The molecule has 0 aliphatic heterocycles. The molecule has 0 fully saturated rings. The third kappa shape index (κ3) is 5.83. The Morgan fingerprint density at radius 2 is 1.76 bits per heavy atom. The van der Waals surface area contributed by atoms with E-state index in [1.54, 1.807) is 0 Å². The van der Waals surface area contributed by atoms with E-state index in [0.717, 1.165) is 0 Å². The van der Waals surface area contributed by atoms with Gasteiger partial charge in [-0.05, 0) is 13.8 Å². The van der Waals surface area contributed by atoms with Crippen LogP contribution >= 0.6 is 0 Å². The number of carboxylic acids is 1. The van der Waals surface area contributed by atoms with E-state index in [4.69, 9.17) is 10.8 Å². The average Bonchev–Trinajstić information content (AvgIpc) is 2.21. The van der Waals surface area contributed by atoms with Crippen molar-refractivity contribution < 1.29 is 24.6 Å². The minimum Gasteiger partial charge on any atom is -0.480 e. The fourth-order valence-corrected chi connectivity index (χ4v) is 0.963. The van der Waals surface area contributed by atoms with E-state index in [1.165, 1.54) is 13.8 Å². The lowest BCUT2D eigenvalue weighted by Gasteiger charge is -2.21. The van der Waals surface area contributed by atoms with Crippen LogP contribution in [0.15, 0.2) is 0 Å².